The molecule has 0 aliphatic carbocycles. The van der Waals surface area contributed by atoms with Gasteiger partial charge >= 0.3 is 0 Å². The SMILES string of the molecule is Cc1ccc(C(O)CNC(=O)C2CNC2)cc1.Cl. The molecular formula is C13H19ClN2O2. The smallest absolute Gasteiger partial charge is 0.225 e. The van der Waals surface area contributed by atoms with Gasteiger partial charge in [-0.2, -0.15) is 0 Å². The molecule has 4 nitrogen and oxygen atoms in total. The number of halogens is 1. The summed E-state index contributed by atoms with van der Waals surface area (Å²) in [6.45, 7) is 3.76. The highest BCUT2D eigenvalue weighted by atomic mass is 35.5. The Balaban J connectivity index is 0.00000162. The summed E-state index contributed by atoms with van der Waals surface area (Å²) in [7, 11) is 0. The van der Waals surface area contributed by atoms with Gasteiger partial charge < -0.3 is 15.7 Å². The summed E-state index contributed by atoms with van der Waals surface area (Å²) in [5.74, 6) is 0.0927. The highest BCUT2D eigenvalue weighted by molar-refractivity contribution is 5.85. The fourth-order valence-electron chi connectivity index (χ4n) is 1.72. The van der Waals surface area contributed by atoms with Gasteiger partial charge in [0.2, 0.25) is 5.91 Å². The maximum absolute atomic E-state index is 11.6. The monoisotopic (exact) mass is 270 g/mol. The number of amides is 1. The summed E-state index contributed by atoms with van der Waals surface area (Å²) in [5.41, 5.74) is 1.99. The molecule has 100 valence electrons. The predicted octanol–water partition coefficient (Wildman–Crippen LogP) is 0.786. The molecule has 1 heterocycles. The van der Waals surface area contributed by atoms with Crippen LogP contribution in [0.25, 0.3) is 0 Å². The molecular weight excluding hydrogens is 252 g/mol. The van der Waals surface area contributed by atoms with Crippen LogP contribution >= 0.6 is 12.4 Å². The first-order chi connectivity index (χ1) is 8.16. The van der Waals surface area contributed by atoms with Crippen LogP contribution in [0.3, 0.4) is 0 Å². The van der Waals surface area contributed by atoms with Crippen LogP contribution in [0, 0.1) is 12.8 Å². The molecule has 1 aromatic rings. The van der Waals surface area contributed by atoms with Crippen LogP contribution in [-0.2, 0) is 4.79 Å². The molecule has 1 amide bonds. The van der Waals surface area contributed by atoms with Crippen molar-refractivity contribution in [1.82, 2.24) is 10.6 Å². The molecule has 0 bridgehead atoms. The van der Waals surface area contributed by atoms with Gasteiger partial charge in [-0.3, -0.25) is 4.79 Å². The van der Waals surface area contributed by atoms with Crippen LogP contribution in [0.1, 0.15) is 17.2 Å². The second-order valence-electron chi connectivity index (χ2n) is 4.53. The third-order valence-electron chi connectivity index (χ3n) is 3.08. The van der Waals surface area contributed by atoms with Gasteiger partial charge in [-0.15, -0.1) is 12.4 Å². The van der Waals surface area contributed by atoms with Gasteiger partial charge in [0.15, 0.2) is 0 Å². The van der Waals surface area contributed by atoms with Crippen LogP contribution in [-0.4, -0.2) is 30.6 Å². The highest BCUT2D eigenvalue weighted by Crippen LogP contribution is 2.13. The first-order valence-corrected chi connectivity index (χ1v) is 5.90. The molecule has 18 heavy (non-hydrogen) atoms. The van der Waals surface area contributed by atoms with Crippen molar-refractivity contribution < 1.29 is 9.90 Å². The lowest BCUT2D eigenvalue weighted by Gasteiger charge is -2.26. The molecule has 0 aromatic heterocycles. The van der Waals surface area contributed by atoms with E-state index in [1.165, 1.54) is 0 Å². The molecule has 1 saturated heterocycles. The second-order valence-corrected chi connectivity index (χ2v) is 4.53. The normalized spacial score (nSPS) is 16.3. The summed E-state index contributed by atoms with van der Waals surface area (Å²) in [6.07, 6.45) is -0.632. The summed E-state index contributed by atoms with van der Waals surface area (Å²) in [6, 6.07) is 7.68. The Bertz CT molecular complexity index is 390. The second kappa shape index (κ2) is 6.73. The van der Waals surface area contributed by atoms with E-state index in [9.17, 15) is 9.90 Å². The number of carbonyl (C=O) groups is 1. The number of carbonyl (C=O) groups excluding carboxylic acids is 1. The average Bonchev–Trinajstić information content (AvgIpc) is 2.24. The van der Waals surface area contributed by atoms with E-state index in [0.717, 1.165) is 24.2 Å². The van der Waals surface area contributed by atoms with Gasteiger partial charge in [0.1, 0.15) is 0 Å². The van der Waals surface area contributed by atoms with Crippen molar-refractivity contribution in [3.05, 3.63) is 35.4 Å². The minimum atomic E-state index is -0.632. The maximum atomic E-state index is 11.6. The van der Waals surface area contributed by atoms with Crippen molar-refractivity contribution in [2.45, 2.75) is 13.0 Å². The van der Waals surface area contributed by atoms with E-state index < -0.39 is 6.10 Å². The molecule has 1 aliphatic rings. The molecule has 5 heteroatoms. The molecule has 0 radical (unpaired) electrons. The van der Waals surface area contributed by atoms with Crippen LogP contribution in [0.2, 0.25) is 0 Å². The van der Waals surface area contributed by atoms with Crippen LogP contribution < -0.4 is 10.6 Å². The topological polar surface area (TPSA) is 61.4 Å². The average molecular weight is 271 g/mol. The lowest BCUT2D eigenvalue weighted by Crippen LogP contribution is -2.51. The Kier molecular flexibility index (Phi) is 5.59. The molecule has 1 fully saturated rings. The summed E-state index contributed by atoms with van der Waals surface area (Å²) < 4.78 is 0. The summed E-state index contributed by atoms with van der Waals surface area (Å²) >= 11 is 0. The number of hydrogen-bond acceptors (Lipinski definition) is 3. The zero-order valence-corrected chi connectivity index (χ0v) is 11.2. The molecule has 1 unspecified atom stereocenters. The first kappa shape index (κ1) is 15.0. The predicted molar refractivity (Wildman–Crippen MR) is 72.8 cm³/mol. The highest BCUT2D eigenvalue weighted by Gasteiger charge is 2.24. The van der Waals surface area contributed by atoms with Crippen molar-refractivity contribution in [2.75, 3.05) is 19.6 Å². The van der Waals surface area contributed by atoms with Gasteiger partial charge in [0, 0.05) is 19.6 Å². The maximum Gasteiger partial charge on any atom is 0.225 e. The van der Waals surface area contributed by atoms with Crippen molar-refractivity contribution in [2.24, 2.45) is 5.92 Å². The number of aryl methyl sites for hydroxylation is 1. The van der Waals surface area contributed by atoms with Gasteiger partial charge in [0.25, 0.3) is 0 Å². The third-order valence-corrected chi connectivity index (χ3v) is 3.08. The van der Waals surface area contributed by atoms with Crippen LogP contribution in [0.15, 0.2) is 24.3 Å². The quantitative estimate of drug-likeness (QED) is 0.758. The number of rotatable bonds is 4. The number of aliphatic hydroxyl groups excluding tert-OH is 1. The van der Waals surface area contributed by atoms with E-state index in [4.69, 9.17) is 0 Å². The molecule has 1 aliphatic heterocycles. The molecule has 1 aromatic carbocycles. The van der Waals surface area contributed by atoms with E-state index in [2.05, 4.69) is 10.6 Å². The Morgan fingerprint density at radius 3 is 2.56 bits per heavy atom. The van der Waals surface area contributed by atoms with E-state index in [1.54, 1.807) is 0 Å². The lowest BCUT2D eigenvalue weighted by atomic mass is 10.0. The van der Waals surface area contributed by atoms with E-state index in [0.29, 0.717) is 0 Å². The standard InChI is InChI=1S/C13H18N2O2.ClH/c1-9-2-4-10(5-3-9)12(16)8-15-13(17)11-6-14-7-11;/h2-5,11-12,14,16H,6-8H2,1H3,(H,15,17);1H. The van der Waals surface area contributed by atoms with Gasteiger partial charge in [-0.05, 0) is 12.5 Å². The minimum Gasteiger partial charge on any atom is -0.387 e. The van der Waals surface area contributed by atoms with Gasteiger partial charge in [-0.1, -0.05) is 29.8 Å². The zero-order chi connectivity index (χ0) is 12.3. The van der Waals surface area contributed by atoms with E-state index in [1.807, 2.05) is 31.2 Å². The lowest BCUT2D eigenvalue weighted by molar-refractivity contribution is -0.126. The van der Waals surface area contributed by atoms with Crippen LogP contribution in [0.5, 0.6) is 0 Å². The minimum absolute atomic E-state index is 0. The largest absolute Gasteiger partial charge is 0.387 e. The van der Waals surface area contributed by atoms with Crippen molar-refractivity contribution in [3.63, 3.8) is 0 Å². The fraction of sp³-hybridized carbons (Fsp3) is 0.462. The van der Waals surface area contributed by atoms with Crippen molar-refractivity contribution >= 4 is 18.3 Å². The molecule has 2 rings (SSSR count). The summed E-state index contributed by atoms with van der Waals surface area (Å²) in [4.78, 5) is 11.6. The number of nitrogens with one attached hydrogen (secondary N) is 2. The van der Waals surface area contributed by atoms with Crippen molar-refractivity contribution in [1.29, 1.82) is 0 Å². The Labute approximate surface area is 113 Å². The van der Waals surface area contributed by atoms with Gasteiger partial charge in [-0.25, -0.2) is 0 Å². The molecule has 0 spiro atoms. The van der Waals surface area contributed by atoms with Crippen LogP contribution in [0.4, 0.5) is 0 Å². The number of hydrogen-bond donors (Lipinski definition) is 3. The Hall–Kier alpha value is -1.10. The third kappa shape index (κ3) is 3.70. The molecule has 0 saturated carbocycles. The van der Waals surface area contributed by atoms with Gasteiger partial charge in [0.05, 0.1) is 12.0 Å². The fourth-order valence-corrected chi connectivity index (χ4v) is 1.72. The Morgan fingerprint density at radius 1 is 1.44 bits per heavy atom. The summed E-state index contributed by atoms with van der Waals surface area (Å²) in [5, 5.41) is 15.7. The van der Waals surface area contributed by atoms with E-state index >= 15 is 0 Å². The zero-order valence-electron chi connectivity index (χ0n) is 10.3. The first-order valence-electron chi connectivity index (χ1n) is 5.90. The Morgan fingerprint density at radius 2 is 2.06 bits per heavy atom. The molecule has 1 atom stereocenters. The van der Waals surface area contributed by atoms with Crippen molar-refractivity contribution in [3.8, 4) is 0 Å². The number of benzene rings is 1. The van der Waals surface area contributed by atoms with E-state index in [-0.39, 0.29) is 30.8 Å². The number of aliphatic hydroxyl groups is 1. The molecule has 3 N–H and O–H groups in total.